The van der Waals surface area contributed by atoms with Gasteiger partial charge in [-0.15, -0.1) is 5.10 Å². The average Bonchev–Trinajstić information content (AvgIpc) is 2.90. The highest BCUT2D eigenvalue weighted by molar-refractivity contribution is 5.55. The van der Waals surface area contributed by atoms with Crippen molar-refractivity contribution < 1.29 is 4.74 Å². The Kier molecular flexibility index (Phi) is 4.09. The molecule has 0 saturated heterocycles. The van der Waals surface area contributed by atoms with Crippen molar-refractivity contribution in [1.29, 1.82) is 0 Å². The lowest BCUT2D eigenvalue weighted by Gasteiger charge is -2.10. The number of nitrogen functional groups attached to an aromatic ring is 1. The molecule has 118 valence electrons. The normalized spacial score (nSPS) is 10.7. The fourth-order valence-corrected chi connectivity index (χ4v) is 2.04. The number of benzene rings is 1. The summed E-state index contributed by atoms with van der Waals surface area (Å²) < 4.78 is 7.09. The first-order chi connectivity index (χ1) is 11.1. The molecule has 3 N–H and O–H groups in total. The Balaban J connectivity index is 1.76. The van der Waals surface area contributed by atoms with Gasteiger partial charge in [0.05, 0.1) is 6.10 Å². The van der Waals surface area contributed by atoms with E-state index in [0.29, 0.717) is 11.8 Å². The van der Waals surface area contributed by atoms with E-state index in [1.165, 1.54) is 4.68 Å². The van der Waals surface area contributed by atoms with E-state index in [1.54, 1.807) is 6.20 Å². The molecule has 1 aromatic carbocycles. The Hall–Kier alpha value is -3.09. The highest BCUT2D eigenvalue weighted by Crippen LogP contribution is 2.20. The summed E-state index contributed by atoms with van der Waals surface area (Å²) in [7, 11) is 0. The van der Waals surface area contributed by atoms with Crippen LogP contribution in [-0.2, 0) is 0 Å². The number of ether oxygens (including phenoxy) is 1. The number of rotatable bonds is 5. The largest absolute Gasteiger partial charge is 0.491 e. The maximum absolute atomic E-state index is 5.90. The summed E-state index contributed by atoms with van der Waals surface area (Å²) >= 11 is 0. The quantitative estimate of drug-likeness (QED) is 0.753. The lowest BCUT2D eigenvalue weighted by molar-refractivity contribution is 0.242. The van der Waals surface area contributed by atoms with E-state index < -0.39 is 0 Å². The van der Waals surface area contributed by atoms with E-state index in [1.807, 2.05) is 56.3 Å². The third kappa shape index (κ3) is 3.57. The maximum Gasteiger partial charge on any atom is 0.248 e. The van der Waals surface area contributed by atoms with Gasteiger partial charge in [0.15, 0.2) is 5.82 Å². The summed E-state index contributed by atoms with van der Waals surface area (Å²) in [5, 5.41) is 7.43. The van der Waals surface area contributed by atoms with Crippen LogP contribution in [0.5, 0.6) is 5.75 Å². The molecule has 0 aliphatic rings. The second-order valence-corrected chi connectivity index (χ2v) is 5.21. The van der Waals surface area contributed by atoms with Crippen LogP contribution in [0.15, 0.2) is 48.7 Å². The molecule has 0 aliphatic carbocycles. The summed E-state index contributed by atoms with van der Waals surface area (Å²) in [6.45, 7) is 3.98. The molecule has 23 heavy (non-hydrogen) atoms. The Morgan fingerprint density at radius 2 is 1.91 bits per heavy atom. The zero-order chi connectivity index (χ0) is 16.2. The molecule has 0 aliphatic heterocycles. The Morgan fingerprint density at radius 3 is 2.57 bits per heavy atom. The Labute approximate surface area is 134 Å². The van der Waals surface area contributed by atoms with Crippen LogP contribution in [-0.4, -0.2) is 25.9 Å². The summed E-state index contributed by atoms with van der Waals surface area (Å²) in [6, 6.07) is 13.1. The van der Waals surface area contributed by atoms with Crippen LogP contribution < -0.4 is 15.8 Å². The van der Waals surface area contributed by atoms with Crippen molar-refractivity contribution >= 4 is 17.6 Å². The van der Waals surface area contributed by atoms with Gasteiger partial charge < -0.3 is 15.8 Å². The summed E-state index contributed by atoms with van der Waals surface area (Å²) in [6.07, 6.45) is 1.82. The fraction of sp³-hybridized carbons (Fsp3) is 0.188. The molecule has 0 fully saturated rings. The minimum atomic E-state index is 0.143. The lowest BCUT2D eigenvalue weighted by atomic mass is 10.3. The van der Waals surface area contributed by atoms with Gasteiger partial charge in [0, 0.05) is 11.9 Å². The van der Waals surface area contributed by atoms with Crippen LogP contribution in [0.2, 0.25) is 0 Å². The fourth-order valence-electron chi connectivity index (χ4n) is 2.04. The van der Waals surface area contributed by atoms with Crippen molar-refractivity contribution in [1.82, 2.24) is 19.7 Å². The first-order valence-corrected chi connectivity index (χ1v) is 7.29. The first kappa shape index (κ1) is 14.8. The van der Waals surface area contributed by atoms with E-state index in [2.05, 4.69) is 20.4 Å². The van der Waals surface area contributed by atoms with E-state index in [9.17, 15) is 0 Å². The summed E-state index contributed by atoms with van der Waals surface area (Å²) in [5.41, 5.74) is 6.74. The van der Waals surface area contributed by atoms with Crippen molar-refractivity contribution in [3.05, 3.63) is 48.7 Å². The number of hydrogen-bond donors (Lipinski definition) is 2. The molecule has 2 heterocycles. The number of nitrogens with zero attached hydrogens (tertiary/aromatic N) is 4. The average molecular weight is 310 g/mol. The molecular weight excluding hydrogens is 292 g/mol. The van der Waals surface area contributed by atoms with E-state index in [-0.39, 0.29) is 12.1 Å². The van der Waals surface area contributed by atoms with Crippen molar-refractivity contribution in [2.24, 2.45) is 0 Å². The zero-order valence-corrected chi connectivity index (χ0v) is 13.0. The van der Waals surface area contributed by atoms with Gasteiger partial charge in [-0.3, -0.25) is 0 Å². The van der Waals surface area contributed by atoms with Gasteiger partial charge >= 0.3 is 0 Å². The molecule has 0 unspecified atom stereocenters. The van der Waals surface area contributed by atoms with Gasteiger partial charge in [0.25, 0.3) is 0 Å². The van der Waals surface area contributed by atoms with Gasteiger partial charge in [0.1, 0.15) is 5.75 Å². The van der Waals surface area contributed by atoms with Crippen molar-refractivity contribution in [3.63, 3.8) is 0 Å². The molecule has 0 spiro atoms. The zero-order valence-electron chi connectivity index (χ0n) is 13.0. The first-order valence-electron chi connectivity index (χ1n) is 7.29. The highest BCUT2D eigenvalue weighted by atomic mass is 16.5. The van der Waals surface area contributed by atoms with Crippen molar-refractivity contribution in [3.8, 4) is 11.6 Å². The molecular formula is C16H18N6O. The molecule has 7 heteroatoms. The van der Waals surface area contributed by atoms with Crippen molar-refractivity contribution in [2.75, 3.05) is 11.1 Å². The predicted molar refractivity (Wildman–Crippen MR) is 89.1 cm³/mol. The second kappa shape index (κ2) is 6.35. The van der Waals surface area contributed by atoms with Crippen LogP contribution in [0, 0.1) is 0 Å². The number of aromatic nitrogens is 4. The lowest BCUT2D eigenvalue weighted by Crippen LogP contribution is -2.05. The number of nitrogens with one attached hydrogen (secondary N) is 1. The van der Waals surface area contributed by atoms with Gasteiger partial charge in [-0.2, -0.15) is 9.67 Å². The summed E-state index contributed by atoms with van der Waals surface area (Å²) in [5.74, 6) is 2.11. The third-order valence-corrected chi connectivity index (χ3v) is 2.98. The Bertz CT molecular complexity index is 767. The standard InChI is InChI=1S/C16H18N6O/c1-11(2)23-13-8-6-12(7-9-13)19-16-20-15(17)22(21-16)14-5-3-4-10-18-14/h3-11H,1-2H3,(H3,17,19,20,21). The predicted octanol–water partition coefficient (Wildman–Crippen LogP) is 2.78. The van der Waals surface area contributed by atoms with Gasteiger partial charge in [-0.25, -0.2) is 4.98 Å². The van der Waals surface area contributed by atoms with Gasteiger partial charge in [-0.1, -0.05) is 6.07 Å². The van der Waals surface area contributed by atoms with Crippen molar-refractivity contribution in [2.45, 2.75) is 20.0 Å². The molecule has 2 aromatic heterocycles. The molecule has 0 atom stereocenters. The van der Waals surface area contributed by atoms with E-state index in [4.69, 9.17) is 10.5 Å². The SMILES string of the molecule is CC(C)Oc1ccc(Nc2nc(N)n(-c3ccccn3)n2)cc1. The number of pyridine rings is 1. The molecule has 7 nitrogen and oxygen atoms in total. The van der Waals surface area contributed by atoms with Crippen LogP contribution in [0.25, 0.3) is 5.82 Å². The van der Waals surface area contributed by atoms with E-state index in [0.717, 1.165) is 11.4 Å². The molecule has 3 rings (SSSR count). The van der Waals surface area contributed by atoms with Crippen LogP contribution in [0.1, 0.15) is 13.8 Å². The topological polar surface area (TPSA) is 90.9 Å². The number of anilines is 3. The minimum absolute atomic E-state index is 0.143. The van der Waals surface area contributed by atoms with Gasteiger partial charge in [-0.05, 0) is 50.2 Å². The van der Waals surface area contributed by atoms with Crippen LogP contribution in [0.4, 0.5) is 17.6 Å². The minimum Gasteiger partial charge on any atom is -0.491 e. The molecule has 0 saturated carbocycles. The van der Waals surface area contributed by atoms with Crippen LogP contribution >= 0.6 is 0 Å². The molecule has 0 bridgehead atoms. The Morgan fingerprint density at radius 1 is 1.13 bits per heavy atom. The molecule has 3 aromatic rings. The number of hydrogen-bond acceptors (Lipinski definition) is 6. The summed E-state index contributed by atoms with van der Waals surface area (Å²) in [4.78, 5) is 8.41. The van der Waals surface area contributed by atoms with Crippen LogP contribution in [0.3, 0.4) is 0 Å². The second-order valence-electron chi connectivity index (χ2n) is 5.21. The maximum atomic E-state index is 5.90. The highest BCUT2D eigenvalue weighted by Gasteiger charge is 2.09. The molecule has 0 amide bonds. The smallest absolute Gasteiger partial charge is 0.248 e. The molecule has 0 radical (unpaired) electrons. The third-order valence-electron chi connectivity index (χ3n) is 2.98. The van der Waals surface area contributed by atoms with E-state index >= 15 is 0 Å². The van der Waals surface area contributed by atoms with Gasteiger partial charge in [0.2, 0.25) is 11.9 Å². The monoisotopic (exact) mass is 310 g/mol. The number of nitrogens with two attached hydrogens (primary N) is 1.